The van der Waals surface area contributed by atoms with Gasteiger partial charge in [-0.3, -0.25) is 0 Å². The van der Waals surface area contributed by atoms with E-state index in [0.29, 0.717) is 0 Å². The third-order valence-corrected chi connectivity index (χ3v) is 5.10. The molecule has 2 N–H and O–H groups in total. The maximum Gasteiger partial charge on any atom is 0.101 e. The minimum absolute atomic E-state index is 0.188. The summed E-state index contributed by atoms with van der Waals surface area (Å²) in [6, 6.07) is 8.56. The molecular weight excluding hydrogens is 240 g/mol. The molecule has 1 heterocycles. The van der Waals surface area contributed by atoms with Crippen LogP contribution in [0.1, 0.15) is 29.8 Å². The van der Waals surface area contributed by atoms with E-state index in [1.165, 1.54) is 35.4 Å². The highest BCUT2D eigenvalue weighted by atomic mass is 32.1. The summed E-state index contributed by atoms with van der Waals surface area (Å²) >= 11 is 1.76. The molecule has 0 aliphatic heterocycles. The first kappa shape index (κ1) is 11.9. The van der Waals surface area contributed by atoms with Crippen LogP contribution in [0.25, 0.3) is 11.3 Å². The number of nitrogens with two attached hydrogens (primary N) is 1. The predicted octanol–water partition coefficient (Wildman–Crippen LogP) is 3.50. The molecule has 0 radical (unpaired) electrons. The Kier molecular flexibility index (Phi) is 2.96. The number of aryl methyl sites for hydroxylation is 1. The van der Waals surface area contributed by atoms with Crippen molar-refractivity contribution >= 4 is 11.3 Å². The van der Waals surface area contributed by atoms with Gasteiger partial charge >= 0.3 is 0 Å². The van der Waals surface area contributed by atoms with Crippen molar-refractivity contribution in [2.24, 2.45) is 5.73 Å². The Morgan fingerprint density at radius 2 is 2.00 bits per heavy atom. The molecule has 3 heteroatoms. The molecule has 1 saturated carbocycles. The first-order chi connectivity index (χ1) is 8.73. The van der Waals surface area contributed by atoms with Gasteiger partial charge in [-0.15, -0.1) is 11.3 Å². The van der Waals surface area contributed by atoms with E-state index in [-0.39, 0.29) is 5.41 Å². The number of benzene rings is 1. The molecule has 0 atom stereocenters. The third kappa shape index (κ3) is 1.88. The first-order valence-corrected chi connectivity index (χ1v) is 7.35. The lowest BCUT2D eigenvalue weighted by atomic mass is 9.69. The summed E-state index contributed by atoms with van der Waals surface area (Å²) in [4.78, 5) is 4.81. The fourth-order valence-corrected chi connectivity index (χ4v) is 3.58. The number of rotatable bonds is 3. The maximum atomic E-state index is 5.94. The van der Waals surface area contributed by atoms with E-state index >= 15 is 0 Å². The van der Waals surface area contributed by atoms with E-state index in [0.717, 1.165) is 12.2 Å². The zero-order valence-corrected chi connectivity index (χ0v) is 11.5. The van der Waals surface area contributed by atoms with Gasteiger partial charge in [-0.05, 0) is 19.8 Å². The zero-order valence-electron chi connectivity index (χ0n) is 10.6. The molecule has 2 nitrogen and oxygen atoms in total. The number of hydrogen-bond donors (Lipinski definition) is 1. The number of aromatic nitrogens is 1. The highest BCUT2D eigenvalue weighted by Crippen LogP contribution is 2.44. The van der Waals surface area contributed by atoms with Gasteiger partial charge in [0.1, 0.15) is 5.01 Å². The minimum Gasteiger partial charge on any atom is -0.329 e. The zero-order chi connectivity index (χ0) is 12.6. The van der Waals surface area contributed by atoms with Crippen LogP contribution in [-0.4, -0.2) is 11.5 Å². The molecule has 94 valence electrons. The molecule has 18 heavy (non-hydrogen) atoms. The Morgan fingerprint density at radius 1 is 1.28 bits per heavy atom. The molecule has 1 aliphatic rings. The highest BCUT2D eigenvalue weighted by Gasteiger charge is 2.39. The number of nitrogens with zero attached hydrogens (tertiary/aromatic N) is 1. The SMILES string of the molecule is Cc1ccc(-c2csc(C3(CN)CCC3)n2)cc1. The molecule has 1 aliphatic carbocycles. The van der Waals surface area contributed by atoms with E-state index in [1.54, 1.807) is 11.3 Å². The maximum absolute atomic E-state index is 5.94. The molecule has 2 aromatic rings. The average Bonchev–Trinajstić information content (AvgIpc) is 2.79. The van der Waals surface area contributed by atoms with Crippen molar-refractivity contribution in [3.05, 3.63) is 40.2 Å². The molecule has 0 spiro atoms. The van der Waals surface area contributed by atoms with Crippen molar-refractivity contribution in [1.29, 1.82) is 0 Å². The second kappa shape index (κ2) is 4.48. The van der Waals surface area contributed by atoms with Gasteiger partial charge in [0.2, 0.25) is 0 Å². The van der Waals surface area contributed by atoms with E-state index in [9.17, 15) is 0 Å². The summed E-state index contributed by atoms with van der Waals surface area (Å²) in [7, 11) is 0. The van der Waals surface area contributed by atoms with Crippen LogP contribution in [0.15, 0.2) is 29.6 Å². The van der Waals surface area contributed by atoms with Crippen molar-refractivity contribution in [2.45, 2.75) is 31.6 Å². The Labute approximate surface area is 112 Å². The molecule has 1 aromatic carbocycles. The molecule has 0 unspecified atom stereocenters. The number of hydrogen-bond acceptors (Lipinski definition) is 3. The topological polar surface area (TPSA) is 38.9 Å². The Balaban J connectivity index is 1.91. The third-order valence-electron chi connectivity index (χ3n) is 4.01. The van der Waals surface area contributed by atoms with Crippen molar-refractivity contribution in [2.75, 3.05) is 6.54 Å². The summed E-state index contributed by atoms with van der Waals surface area (Å²) in [6.45, 7) is 2.84. The Bertz CT molecular complexity index is 532. The largest absolute Gasteiger partial charge is 0.329 e. The fourth-order valence-electron chi connectivity index (χ4n) is 2.48. The smallest absolute Gasteiger partial charge is 0.101 e. The van der Waals surface area contributed by atoms with E-state index < -0.39 is 0 Å². The standard InChI is InChI=1S/C15H18N2S/c1-11-3-5-12(6-4-11)13-9-18-14(17-13)15(10-16)7-2-8-15/h3-6,9H,2,7-8,10,16H2,1H3. The molecule has 1 aromatic heterocycles. The molecule has 0 amide bonds. The fraction of sp³-hybridized carbons (Fsp3) is 0.400. The molecule has 0 bridgehead atoms. The highest BCUT2D eigenvalue weighted by molar-refractivity contribution is 7.10. The van der Waals surface area contributed by atoms with Crippen LogP contribution in [0.5, 0.6) is 0 Å². The summed E-state index contributed by atoms with van der Waals surface area (Å²) in [5.74, 6) is 0. The minimum atomic E-state index is 0.188. The predicted molar refractivity (Wildman–Crippen MR) is 76.9 cm³/mol. The van der Waals surface area contributed by atoms with Crippen molar-refractivity contribution in [3.8, 4) is 11.3 Å². The monoisotopic (exact) mass is 258 g/mol. The van der Waals surface area contributed by atoms with Crippen LogP contribution in [0.3, 0.4) is 0 Å². The first-order valence-electron chi connectivity index (χ1n) is 6.47. The van der Waals surface area contributed by atoms with E-state index in [4.69, 9.17) is 10.7 Å². The Morgan fingerprint density at radius 3 is 2.56 bits per heavy atom. The lowest BCUT2D eigenvalue weighted by Gasteiger charge is -2.38. The lowest BCUT2D eigenvalue weighted by molar-refractivity contribution is 0.252. The molecule has 1 fully saturated rings. The summed E-state index contributed by atoms with van der Waals surface area (Å²) in [5.41, 5.74) is 9.70. The Hall–Kier alpha value is -1.19. The van der Waals surface area contributed by atoms with Gasteiger partial charge in [0.05, 0.1) is 5.69 Å². The van der Waals surface area contributed by atoms with Gasteiger partial charge in [-0.1, -0.05) is 36.2 Å². The second-order valence-corrected chi connectivity index (χ2v) is 6.10. The van der Waals surface area contributed by atoms with Gasteiger partial charge in [-0.25, -0.2) is 4.98 Å². The van der Waals surface area contributed by atoms with Crippen LogP contribution in [0.4, 0.5) is 0 Å². The van der Waals surface area contributed by atoms with Gasteiger partial charge in [0.15, 0.2) is 0 Å². The molecule has 3 rings (SSSR count). The van der Waals surface area contributed by atoms with Gasteiger partial charge < -0.3 is 5.73 Å². The van der Waals surface area contributed by atoms with Crippen molar-refractivity contribution < 1.29 is 0 Å². The summed E-state index contributed by atoms with van der Waals surface area (Å²) in [6.07, 6.45) is 3.69. The summed E-state index contributed by atoms with van der Waals surface area (Å²) in [5, 5.41) is 3.39. The van der Waals surface area contributed by atoms with Crippen LogP contribution in [0, 0.1) is 6.92 Å². The van der Waals surface area contributed by atoms with Crippen molar-refractivity contribution in [3.63, 3.8) is 0 Å². The lowest BCUT2D eigenvalue weighted by Crippen LogP contribution is -2.41. The van der Waals surface area contributed by atoms with Crippen LogP contribution < -0.4 is 5.73 Å². The molecule has 0 saturated heterocycles. The van der Waals surface area contributed by atoms with E-state index in [2.05, 4.69) is 36.6 Å². The van der Waals surface area contributed by atoms with Gasteiger partial charge in [-0.2, -0.15) is 0 Å². The normalized spacial score (nSPS) is 17.4. The van der Waals surface area contributed by atoms with Gasteiger partial charge in [0.25, 0.3) is 0 Å². The van der Waals surface area contributed by atoms with Crippen LogP contribution in [0.2, 0.25) is 0 Å². The van der Waals surface area contributed by atoms with Gasteiger partial charge in [0, 0.05) is 22.9 Å². The molecular formula is C15H18N2S. The van der Waals surface area contributed by atoms with Crippen LogP contribution in [-0.2, 0) is 5.41 Å². The average molecular weight is 258 g/mol. The van der Waals surface area contributed by atoms with Crippen LogP contribution >= 0.6 is 11.3 Å². The van der Waals surface area contributed by atoms with E-state index in [1.807, 2.05) is 0 Å². The summed E-state index contributed by atoms with van der Waals surface area (Å²) < 4.78 is 0. The van der Waals surface area contributed by atoms with Crippen molar-refractivity contribution in [1.82, 2.24) is 4.98 Å². The number of thiazole rings is 1. The second-order valence-electron chi connectivity index (χ2n) is 5.24. The quantitative estimate of drug-likeness (QED) is 0.915.